The van der Waals surface area contributed by atoms with Crippen molar-refractivity contribution in [3.63, 3.8) is 0 Å². The summed E-state index contributed by atoms with van der Waals surface area (Å²) in [4.78, 5) is 29.6. The van der Waals surface area contributed by atoms with Gasteiger partial charge < -0.3 is 25.8 Å². The molecule has 1 aromatic heterocycles. The van der Waals surface area contributed by atoms with E-state index in [0.29, 0.717) is 25.1 Å². The molecule has 3 atom stereocenters. The van der Waals surface area contributed by atoms with Gasteiger partial charge in [-0.1, -0.05) is 37.6 Å². The Morgan fingerprint density at radius 1 is 1.22 bits per heavy atom. The molecule has 0 spiro atoms. The van der Waals surface area contributed by atoms with Gasteiger partial charge in [0, 0.05) is 42.8 Å². The normalized spacial score (nSPS) is 24.7. The third-order valence-corrected chi connectivity index (χ3v) is 8.06. The molecule has 1 aliphatic carbocycles. The number of nitrogens with one attached hydrogen (secondary N) is 2. The summed E-state index contributed by atoms with van der Waals surface area (Å²) in [6, 6.07) is 8.84. The van der Waals surface area contributed by atoms with E-state index in [2.05, 4.69) is 56.3 Å². The number of nitrogen functional groups attached to an aromatic ring is 1. The SMILES string of the molecule is CC1(C)CC1NC(=O)[C@H]1CN(C2CCN(c3nnc(N)[nH]3)CC2)[C@@H](Cc2ccc(Cl)cc2)CO1.O=C(O)C(F)(F)F. The lowest BCUT2D eigenvalue weighted by Gasteiger charge is -2.46. The number of alkyl halides is 3. The van der Waals surface area contributed by atoms with Crippen LogP contribution in [-0.2, 0) is 20.7 Å². The fourth-order valence-corrected chi connectivity index (χ4v) is 5.31. The Bertz CT molecular complexity index is 1200. The fraction of sp³-hybridized carbons (Fsp3) is 0.615. The van der Waals surface area contributed by atoms with Gasteiger partial charge in [0.1, 0.15) is 6.10 Å². The fourth-order valence-electron chi connectivity index (χ4n) is 5.19. The number of carboxylic acid groups (broad SMARTS) is 1. The van der Waals surface area contributed by atoms with E-state index >= 15 is 0 Å². The van der Waals surface area contributed by atoms with E-state index in [-0.39, 0.29) is 23.4 Å². The van der Waals surface area contributed by atoms with Gasteiger partial charge in [0.05, 0.1) is 6.61 Å². The van der Waals surface area contributed by atoms with Crippen LogP contribution < -0.4 is 16.0 Å². The number of piperidine rings is 1. The number of hydrogen-bond acceptors (Lipinski definition) is 8. The number of ether oxygens (including phenoxy) is 1. The number of morpholine rings is 1. The number of amides is 1. The number of hydrogen-bond donors (Lipinski definition) is 4. The highest BCUT2D eigenvalue weighted by atomic mass is 35.5. The molecule has 2 aliphatic heterocycles. The Hall–Kier alpha value is -3.10. The minimum Gasteiger partial charge on any atom is -0.475 e. The van der Waals surface area contributed by atoms with E-state index in [1.807, 2.05) is 12.1 Å². The molecular formula is C26H35ClF3N7O4. The van der Waals surface area contributed by atoms with Crippen molar-refractivity contribution in [3.8, 4) is 0 Å². The van der Waals surface area contributed by atoms with E-state index in [0.717, 1.165) is 49.7 Å². The highest BCUT2D eigenvalue weighted by Crippen LogP contribution is 2.44. The summed E-state index contributed by atoms with van der Waals surface area (Å²) in [5, 5.41) is 19.1. The molecule has 11 nitrogen and oxygen atoms in total. The average Bonchev–Trinajstić information content (AvgIpc) is 3.28. The van der Waals surface area contributed by atoms with Crippen molar-refractivity contribution in [3.05, 3.63) is 34.9 Å². The third kappa shape index (κ3) is 8.23. The number of halogens is 4. The van der Waals surface area contributed by atoms with E-state index in [4.69, 9.17) is 32.0 Å². The summed E-state index contributed by atoms with van der Waals surface area (Å²) < 4.78 is 37.9. The maximum Gasteiger partial charge on any atom is 0.490 e. The zero-order valence-electron chi connectivity index (χ0n) is 22.8. The number of nitrogens with zero attached hydrogens (tertiary/aromatic N) is 4. The van der Waals surface area contributed by atoms with Crippen molar-refractivity contribution < 1.29 is 32.6 Å². The molecule has 1 aromatic carbocycles. The Kier molecular flexibility index (Phi) is 9.34. The van der Waals surface area contributed by atoms with Crippen LogP contribution in [0, 0.1) is 5.41 Å². The molecule has 2 saturated heterocycles. The van der Waals surface area contributed by atoms with Crippen molar-refractivity contribution >= 4 is 35.4 Å². The van der Waals surface area contributed by atoms with Gasteiger partial charge in [-0.2, -0.15) is 13.2 Å². The van der Waals surface area contributed by atoms with Crippen molar-refractivity contribution in [2.75, 3.05) is 36.9 Å². The molecule has 41 heavy (non-hydrogen) atoms. The summed E-state index contributed by atoms with van der Waals surface area (Å²) in [5.74, 6) is -1.69. The quantitative estimate of drug-likeness (QED) is 0.392. The van der Waals surface area contributed by atoms with Gasteiger partial charge in [-0.25, -0.2) is 4.79 Å². The second-order valence-electron chi connectivity index (χ2n) is 11.3. The van der Waals surface area contributed by atoms with Crippen molar-refractivity contribution in [2.24, 2.45) is 5.41 Å². The predicted molar refractivity (Wildman–Crippen MR) is 145 cm³/mol. The van der Waals surface area contributed by atoms with E-state index in [1.165, 1.54) is 5.56 Å². The standard InChI is InChI=1S/C24H34ClN7O2.C2HF3O2/c1-24(2)12-20(24)27-21(33)19-13-32(18(14-34-19)11-15-3-5-16(25)6-4-15)17-7-9-31(10-8-17)23-28-22(26)29-30-23;3-2(4,5)1(6)7/h3-6,17-20H,7-14H2,1-2H3,(H,27,33)(H3,26,28,29,30);(H,6,7)/t18-,19+,20?;/m0./s1. The van der Waals surface area contributed by atoms with Crippen LogP contribution in [0.2, 0.25) is 5.02 Å². The van der Waals surface area contributed by atoms with Crippen LogP contribution in [-0.4, -0.2) is 93.7 Å². The van der Waals surface area contributed by atoms with Gasteiger partial charge in [0.2, 0.25) is 11.9 Å². The number of aliphatic carboxylic acids is 1. The molecule has 3 heterocycles. The largest absolute Gasteiger partial charge is 0.490 e. The monoisotopic (exact) mass is 601 g/mol. The average molecular weight is 602 g/mol. The van der Waals surface area contributed by atoms with Gasteiger partial charge >= 0.3 is 12.1 Å². The molecule has 226 valence electrons. The lowest BCUT2D eigenvalue weighted by molar-refractivity contribution is -0.192. The smallest absolute Gasteiger partial charge is 0.475 e. The highest BCUT2D eigenvalue weighted by Gasteiger charge is 2.48. The van der Waals surface area contributed by atoms with Crippen molar-refractivity contribution in [2.45, 2.75) is 69.9 Å². The molecule has 0 radical (unpaired) electrons. The van der Waals surface area contributed by atoms with Gasteiger partial charge in [0.25, 0.3) is 5.91 Å². The summed E-state index contributed by atoms with van der Waals surface area (Å²) in [6.45, 7) is 7.23. The first-order valence-electron chi connectivity index (χ1n) is 13.4. The first kappa shape index (κ1) is 30.8. The third-order valence-electron chi connectivity index (χ3n) is 7.81. The van der Waals surface area contributed by atoms with Crippen LogP contribution in [0.25, 0.3) is 0 Å². The number of nitrogens with two attached hydrogens (primary N) is 1. The van der Waals surface area contributed by atoms with E-state index in [9.17, 15) is 18.0 Å². The summed E-state index contributed by atoms with van der Waals surface area (Å²) in [7, 11) is 0. The summed E-state index contributed by atoms with van der Waals surface area (Å²) in [5.41, 5.74) is 7.12. The van der Waals surface area contributed by atoms with Gasteiger partial charge in [-0.3, -0.25) is 14.7 Å². The molecule has 1 amide bonds. The zero-order chi connectivity index (χ0) is 29.9. The summed E-state index contributed by atoms with van der Waals surface area (Å²) >= 11 is 6.09. The van der Waals surface area contributed by atoms with Crippen molar-refractivity contribution in [1.82, 2.24) is 25.4 Å². The van der Waals surface area contributed by atoms with Gasteiger partial charge in [-0.05, 0) is 48.8 Å². The molecule has 2 aromatic rings. The van der Waals surface area contributed by atoms with Crippen molar-refractivity contribution in [1.29, 1.82) is 0 Å². The number of carboxylic acids is 1. The van der Waals surface area contributed by atoms with Crippen LogP contribution in [0.3, 0.4) is 0 Å². The minimum atomic E-state index is -5.08. The maximum atomic E-state index is 13.0. The number of aromatic nitrogens is 3. The minimum absolute atomic E-state index is 0.0140. The first-order valence-corrected chi connectivity index (χ1v) is 13.8. The van der Waals surface area contributed by atoms with Crippen LogP contribution in [0.5, 0.6) is 0 Å². The molecule has 5 N–H and O–H groups in total. The summed E-state index contributed by atoms with van der Waals surface area (Å²) in [6.07, 6.45) is -1.69. The number of benzene rings is 1. The first-order chi connectivity index (χ1) is 19.2. The number of carbonyl (C=O) groups excluding carboxylic acids is 1. The lowest BCUT2D eigenvalue weighted by atomic mass is 9.96. The van der Waals surface area contributed by atoms with Gasteiger partial charge in [-0.15, -0.1) is 10.2 Å². The van der Waals surface area contributed by atoms with Gasteiger partial charge in [0.15, 0.2) is 0 Å². The molecule has 3 fully saturated rings. The van der Waals surface area contributed by atoms with E-state index in [1.54, 1.807) is 0 Å². The Morgan fingerprint density at radius 2 is 1.83 bits per heavy atom. The zero-order valence-corrected chi connectivity index (χ0v) is 23.6. The van der Waals surface area contributed by atoms with E-state index < -0.39 is 18.2 Å². The maximum absolute atomic E-state index is 13.0. The molecular weight excluding hydrogens is 567 g/mol. The second kappa shape index (κ2) is 12.4. The topological polar surface area (TPSA) is 150 Å². The number of rotatable bonds is 6. The highest BCUT2D eigenvalue weighted by molar-refractivity contribution is 6.30. The molecule has 5 rings (SSSR count). The van der Waals surface area contributed by atoms with Crippen LogP contribution in [0.4, 0.5) is 25.1 Å². The second-order valence-corrected chi connectivity index (χ2v) is 11.7. The van der Waals surface area contributed by atoms with Crippen LogP contribution in [0.15, 0.2) is 24.3 Å². The Morgan fingerprint density at radius 3 is 2.34 bits per heavy atom. The number of anilines is 2. The Labute approximate surface area is 240 Å². The number of carbonyl (C=O) groups is 2. The lowest BCUT2D eigenvalue weighted by Crippen LogP contribution is -2.60. The van der Waals surface area contributed by atoms with Crippen LogP contribution >= 0.6 is 11.6 Å². The van der Waals surface area contributed by atoms with Crippen LogP contribution in [0.1, 0.15) is 38.7 Å². The number of H-pyrrole nitrogens is 1. The molecule has 0 bridgehead atoms. The Balaban J connectivity index is 0.000000493. The molecule has 3 aliphatic rings. The number of aromatic amines is 1. The molecule has 15 heteroatoms. The predicted octanol–water partition coefficient (Wildman–Crippen LogP) is 2.87. The molecule has 1 saturated carbocycles. The molecule has 1 unspecified atom stereocenters.